The zero-order valence-corrected chi connectivity index (χ0v) is 26.9. The van der Waals surface area contributed by atoms with Gasteiger partial charge in [-0.05, 0) is 86.1 Å². The van der Waals surface area contributed by atoms with Gasteiger partial charge >= 0.3 is 5.97 Å². The molecule has 0 N–H and O–H groups in total. The van der Waals surface area contributed by atoms with Crippen LogP contribution in [0.15, 0.2) is 96.3 Å². The molecule has 0 atom stereocenters. The highest BCUT2D eigenvalue weighted by atomic mass is 32.2. The highest BCUT2D eigenvalue weighted by Crippen LogP contribution is 2.39. The van der Waals surface area contributed by atoms with Crippen LogP contribution in [0.2, 0.25) is 0 Å². The van der Waals surface area contributed by atoms with E-state index in [4.69, 9.17) is 4.74 Å². The van der Waals surface area contributed by atoms with Crippen LogP contribution in [0.4, 0.5) is 23.2 Å². The normalized spacial score (nSPS) is 13.7. The summed E-state index contributed by atoms with van der Waals surface area (Å²) in [5.41, 5.74) is -0.648. The first-order valence-corrected chi connectivity index (χ1v) is 17.0. The number of piperidine rings is 1. The lowest BCUT2D eigenvalue weighted by molar-refractivity contribution is 0.0519. The molecular weight excluding hydrogens is 662 g/mol. The minimum atomic E-state index is -5.16. The second-order valence-corrected chi connectivity index (χ2v) is 13.2. The van der Waals surface area contributed by atoms with E-state index in [1.807, 2.05) is 0 Å². The van der Waals surface area contributed by atoms with Gasteiger partial charge in [0.2, 0.25) is 0 Å². The zero-order chi connectivity index (χ0) is 34.5. The predicted octanol–water partition coefficient (Wildman–Crippen LogP) is 6.66. The van der Waals surface area contributed by atoms with Crippen LogP contribution in [0.1, 0.15) is 29.6 Å². The highest BCUT2D eigenvalue weighted by Gasteiger charge is 2.34. The number of aromatic nitrogens is 3. The smallest absolute Gasteiger partial charge is 0.339 e. The summed E-state index contributed by atoms with van der Waals surface area (Å²) in [4.78, 5) is 18.0. The van der Waals surface area contributed by atoms with Gasteiger partial charge in [-0.2, -0.15) is 5.10 Å². The number of rotatable bonds is 11. The Balaban J connectivity index is 1.45. The van der Waals surface area contributed by atoms with E-state index in [-0.39, 0.29) is 15.6 Å². The predicted molar refractivity (Wildman–Crippen MR) is 174 cm³/mol. The van der Waals surface area contributed by atoms with E-state index < -0.39 is 62.1 Å². The van der Waals surface area contributed by atoms with Crippen LogP contribution in [-0.4, -0.2) is 60.4 Å². The molecule has 0 radical (unpaired) electrons. The fourth-order valence-electron chi connectivity index (χ4n) is 5.68. The van der Waals surface area contributed by atoms with Crippen LogP contribution < -0.4 is 4.31 Å². The molecule has 0 unspecified atom stereocenters. The Labute approximate surface area is 280 Å². The second kappa shape index (κ2) is 14.6. The van der Waals surface area contributed by atoms with Crippen LogP contribution in [-0.2, 0) is 21.3 Å². The fourth-order valence-corrected chi connectivity index (χ4v) is 7.08. The quantitative estimate of drug-likeness (QED) is 0.0867. The SMILES string of the molecule is O=C(OCN(c1ccc(F)c(-c2nn(CCN3CCCCC3)cc2-c2ccncc2)c1F)S(=O)(=O)c1cc(F)ccc1F)c1ccccc1. The van der Waals surface area contributed by atoms with E-state index in [1.54, 1.807) is 41.2 Å². The molecular formula is C35H31F4N5O4S. The number of hydrogen-bond donors (Lipinski definition) is 0. The van der Waals surface area contributed by atoms with Crippen molar-refractivity contribution >= 4 is 21.7 Å². The number of likely N-dealkylation sites (tertiary alicyclic amines) is 1. The molecule has 0 amide bonds. The Morgan fingerprint density at radius 3 is 2.31 bits per heavy atom. The summed E-state index contributed by atoms with van der Waals surface area (Å²) in [6, 6.07) is 14.2. The molecule has 1 fully saturated rings. The molecule has 0 spiro atoms. The van der Waals surface area contributed by atoms with Crippen LogP contribution in [0.25, 0.3) is 22.4 Å². The van der Waals surface area contributed by atoms with Crippen molar-refractivity contribution in [2.75, 3.05) is 30.7 Å². The average Bonchev–Trinajstić information content (AvgIpc) is 3.54. The van der Waals surface area contributed by atoms with E-state index in [2.05, 4.69) is 15.0 Å². The zero-order valence-electron chi connectivity index (χ0n) is 26.1. The summed E-state index contributed by atoms with van der Waals surface area (Å²) in [6.07, 6.45) is 7.99. The third-order valence-corrected chi connectivity index (χ3v) is 9.96. The van der Waals surface area contributed by atoms with Gasteiger partial charge in [0.1, 0.15) is 28.0 Å². The van der Waals surface area contributed by atoms with Crippen LogP contribution in [0.5, 0.6) is 0 Å². The molecule has 5 aromatic rings. The van der Waals surface area contributed by atoms with Crippen molar-refractivity contribution in [1.82, 2.24) is 19.7 Å². The van der Waals surface area contributed by atoms with Gasteiger partial charge in [0.05, 0.1) is 23.4 Å². The fraction of sp³-hybridized carbons (Fsp3) is 0.229. The Morgan fingerprint density at radius 1 is 0.857 bits per heavy atom. The minimum Gasteiger partial charge on any atom is -0.440 e. The number of benzene rings is 3. The molecule has 0 aliphatic carbocycles. The van der Waals surface area contributed by atoms with Gasteiger partial charge in [-0.25, -0.2) is 35.1 Å². The maximum atomic E-state index is 16.8. The first-order valence-electron chi connectivity index (χ1n) is 15.5. The van der Waals surface area contributed by atoms with E-state index in [1.165, 1.54) is 24.5 Å². The number of carbonyl (C=O) groups is 1. The largest absolute Gasteiger partial charge is 0.440 e. The monoisotopic (exact) mass is 693 g/mol. The van der Waals surface area contributed by atoms with Crippen molar-refractivity contribution < 1.29 is 35.5 Å². The standard InChI is InChI=1S/C35H31F4N5O4S/c36-26-9-10-28(37)31(21-26)49(46,47)44(23-48-35(45)25-7-3-1-4-8-25)30-12-11-29(38)32(33(30)39)34-27(24-13-15-40-16-14-24)22-43(41-34)20-19-42-17-5-2-6-18-42/h1,3-4,7-16,21-22H,2,5-6,17-20,23H2. The molecule has 3 heterocycles. The molecule has 254 valence electrons. The molecule has 9 nitrogen and oxygen atoms in total. The lowest BCUT2D eigenvalue weighted by Gasteiger charge is -2.26. The number of hydrogen-bond acceptors (Lipinski definition) is 7. The van der Waals surface area contributed by atoms with E-state index >= 15 is 8.78 Å². The van der Waals surface area contributed by atoms with Crippen LogP contribution in [0.3, 0.4) is 0 Å². The molecule has 2 aromatic heterocycles. The van der Waals surface area contributed by atoms with Gasteiger partial charge in [-0.1, -0.05) is 24.6 Å². The number of sulfonamides is 1. The number of carbonyl (C=O) groups excluding carboxylic acids is 1. The van der Waals surface area contributed by atoms with Crippen molar-refractivity contribution in [3.05, 3.63) is 120 Å². The molecule has 1 aliphatic heterocycles. The maximum Gasteiger partial charge on any atom is 0.339 e. The first kappa shape index (κ1) is 33.8. The Morgan fingerprint density at radius 2 is 1.57 bits per heavy atom. The molecule has 49 heavy (non-hydrogen) atoms. The van der Waals surface area contributed by atoms with Gasteiger partial charge in [-0.15, -0.1) is 0 Å². The van der Waals surface area contributed by atoms with Crippen molar-refractivity contribution in [3.63, 3.8) is 0 Å². The third-order valence-electron chi connectivity index (χ3n) is 8.21. The van der Waals surface area contributed by atoms with Gasteiger partial charge in [0, 0.05) is 30.7 Å². The number of esters is 1. The van der Waals surface area contributed by atoms with Gasteiger partial charge in [0.15, 0.2) is 12.5 Å². The third kappa shape index (κ3) is 7.34. The summed E-state index contributed by atoms with van der Waals surface area (Å²) in [5, 5.41) is 4.55. The summed E-state index contributed by atoms with van der Waals surface area (Å²) in [7, 11) is -5.16. The Kier molecular flexibility index (Phi) is 10.1. The number of ether oxygens (including phenoxy) is 1. The van der Waals surface area contributed by atoms with Gasteiger partial charge in [0.25, 0.3) is 10.0 Å². The molecule has 0 saturated carbocycles. The van der Waals surface area contributed by atoms with Crippen molar-refractivity contribution in [2.24, 2.45) is 0 Å². The van der Waals surface area contributed by atoms with Crippen molar-refractivity contribution in [2.45, 2.75) is 30.7 Å². The molecule has 1 aliphatic rings. The van der Waals surface area contributed by atoms with Crippen molar-refractivity contribution in [3.8, 4) is 22.4 Å². The second-order valence-electron chi connectivity index (χ2n) is 11.4. The Bertz CT molecular complexity index is 2060. The maximum absolute atomic E-state index is 16.8. The summed E-state index contributed by atoms with van der Waals surface area (Å²) >= 11 is 0. The molecule has 1 saturated heterocycles. The van der Waals surface area contributed by atoms with Crippen molar-refractivity contribution in [1.29, 1.82) is 0 Å². The Hall–Kier alpha value is -5.08. The van der Waals surface area contributed by atoms with Gasteiger partial charge < -0.3 is 9.64 Å². The molecule has 14 heteroatoms. The highest BCUT2D eigenvalue weighted by molar-refractivity contribution is 7.92. The topological polar surface area (TPSA) is 97.6 Å². The number of nitrogens with zero attached hydrogens (tertiary/aromatic N) is 5. The number of anilines is 1. The van der Waals surface area contributed by atoms with Crippen LogP contribution >= 0.6 is 0 Å². The van der Waals surface area contributed by atoms with E-state index in [0.717, 1.165) is 44.5 Å². The minimum absolute atomic E-state index is 0.0501. The summed E-state index contributed by atoms with van der Waals surface area (Å²) in [6.45, 7) is 1.77. The average molecular weight is 694 g/mol. The number of halogens is 4. The number of pyridine rings is 1. The summed E-state index contributed by atoms with van der Waals surface area (Å²) in [5.74, 6) is -5.84. The van der Waals surface area contributed by atoms with E-state index in [0.29, 0.717) is 42.4 Å². The molecule has 3 aromatic carbocycles. The molecule has 6 rings (SSSR count). The van der Waals surface area contributed by atoms with Gasteiger partial charge in [-0.3, -0.25) is 9.67 Å². The van der Waals surface area contributed by atoms with E-state index in [9.17, 15) is 22.0 Å². The molecule has 0 bridgehead atoms. The summed E-state index contributed by atoms with van der Waals surface area (Å²) < 4.78 is 96.6. The lowest BCUT2D eigenvalue weighted by Crippen LogP contribution is -2.35. The lowest BCUT2D eigenvalue weighted by atomic mass is 10.0. The first-order chi connectivity index (χ1) is 23.6. The van der Waals surface area contributed by atoms with Crippen LogP contribution in [0, 0.1) is 23.3 Å².